The third-order valence-corrected chi connectivity index (χ3v) is 2.09. The number of carbonyl (C=O) groups excluding carboxylic acids is 1. The molecule has 0 bridgehead atoms. The summed E-state index contributed by atoms with van der Waals surface area (Å²) in [6.45, 7) is 0. The van der Waals surface area contributed by atoms with Crippen molar-refractivity contribution < 1.29 is 18.0 Å². The van der Waals surface area contributed by atoms with Crippen molar-refractivity contribution in [3.63, 3.8) is 0 Å². The van der Waals surface area contributed by atoms with Crippen LogP contribution in [0.15, 0.2) is 33.6 Å². The van der Waals surface area contributed by atoms with Gasteiger partial charge in [-0.1, -0.05) is 12.1 Å². The van der Waals surface area contributed by atoms with Crippen molar-refractivity contribution in [3.8, 4) is 0 Å². The highest BCUT2D eigenvalue weighted by Crippen LogP contribution is 2.36. The highest BCUT2D eigenvalue weighted by atomic mass is 32.2. The lowest BCUT2D eigenvalue weighted by atomic mass is 10.2. The Hall–Kier alpha value is -1.26. The molecule has 0 saturated heterocycles. The predicted molar refractivity (Wildman–Crippen MR) is 45.4 cm³/mol. The first kappa shape index (κ1) is 10.8. The molecule has 0 aliphatic rings. The van der Waals surface area contributed by atoms with E-state index in [2.05, 4.69) is 4.40 Å². The molecule has 0 aromatic heterocycles. The Labute approximate surface area is 82.0 Å². The topological polar surface area (TPSA) is 29.4 Å². The average Bonchev–Trinajstić information content (AvgIpc) is 2.14. The van der Waals surface area contributed by atoms with Gasteiger partial charge < -0.3 is 0 Å². The Morgan fingerprint density at radius 2 is 1.93 bits per heavy atom. The Morgan fingerprint density at radius 3 is 2.50 bits per heavy atom. The van der Waals surface area contributed by atoms with E-state index in [0.717, 1.165) is 6.07 Å². The highest BCUT2D eigenvalue weighted by Gasteiger charge is 2.33. The minimum absolute atomic E-state index is 0.108. The Bertz CT molecular complexity index is 371. The summed E-state index contributed by atoms with van der Waals surface area (Å²) in [4.78, 5) is 9.64. The van der Waals surface area contributed by atoms with Gasteiger partial charge in [0, 0.05) is 16.8 Å². The molecule has 0 aliphatic carbocycles. The number of rotatable bonds is 2. The fraction of sp³-hybridized carbons (Fsp3) is 0.125. The zero-order chi connectivity index (χ0) is 10.6. The first-order valence-corrected chi connectivity index (χ1v) is 4.23. The van der Waals surface area contributed by atoms with Crippen LogP contribution in [-0.2, 0) is 11.0 Å². The number of alkyl halides is 3. The molecule has 0 amide bonds. The van der Waals surface area contributed by atoms with Crippen molar-refractivity contribution in [1.29, 1.82) is 0 Å². The van der Waals surface area contributed by atoms with Gasteiger partial charge in [-0.2, -0.15) is 13.2 Å². The van der Waals surface area contributed by atoms with Gasteiger partial charge in [-0.05, 0) is 12.1 Å². The minimum atomic E-state index is -4.43. The van der Waals surface area contributed by atoms with Crippen LogP contribution in [0.5, 0.6) is 0 Å². The molecule has 0 fully saturated rings. The Balaban J connectivity index is 3.09. The van der Waals surface area contributed by atoms with Crippen LogP contribution in [0.2, 0.25) is 0 Å². The van der Waals surface area contributed by atoms with E-state index >= 15 is 0 Å². The first-order chi connectivity index (χ1) is 6.55. The molecule has 0 radical (unpaired) electrons. The third-order valence-electron chi connectivity index (χ3n) is 1.37. The lowest BCUT2D eigenvalue weighted by Gasteiger charge is -2.08. The summed E-state index contributed by atoms with van der Waals surface area (Å²) in [5.41, 5.74) is -0.802. The quantitative estimate of drug-likeness (QED) is 0.434. The van der Waals surface area contributed by atoms with Crippen molar-refractivity contribution >= 4 is 18.0 Å². The normalized spacial score (nSPS) is 10.8. The molecule has 0 heterocycles. The van der Waals surface area contributed by atoms with Crippen molar-refractivity contribution in [2.75, 3.05) is 0 Å². The van der Waals surface area contributed by atoms with Crippen LogP contribution in [0.1, 0.15) is 5.56 Å². The molecule has 0 spiro atoms. The zero-order valence-corrected chi connectivity index (χ0v) is 7.52. The standard InChI is InChI=1S/C8H4F3NOS/c9-8(10,11)6-3-1-2-4-7(6)14-12-5-13/h1-4H. The zero-order valence-electron chi connectivity index (χ0n) is 6.71. The molecule has 74 valence electrons. The fourth-order valence-corrected chi connectivity index (χ4v) is 1.41. The van der Waals surface area contributed by atoms with Gasteiger partial charge in [0.2, 0.25) is 6.08 Å². The molecule has 1 aromatic carbocycles. The molecule has 0 atom stereocenters. The van der Waals surface area contributed by atoms with E-state index in [0.29, 0.717) is 11.9 Å². The summed E-state index contributed by atoms with van der Waals surface area (Å²) in [7, 11) is 0. The van der Waals surface area contributed by atoms with Crippen LogP contribution < -0.4 is 0 Å². The van der Waals surface area contributed by atoms with E-state index < -0.39 is 11.7 Å². The molecule has 6 heteroatoms. The molecule has 14 heavy (non-hydrogen) atoms. The summed E-state index contributed by atoms with van der Waals surface area (Å²) in [6.07, 6.45) is -3.26. The average molecular weight is 219 g/mol. The lowest BCUT2D eigenvalue weighted by molar-refractivity contribution is -0.139. The maximum atomic E-state index is 12.3. The van der Waals surface area contributed by atoms with Crippen LogP contribution in [0.25, 0.3) is 0 Å². The van der Waals surface area contributed by atoms with Crippen molar-refractivity contribution in [2.45, 2.75) is 11.1 Å². The van der Waals surface area contributed by atoms with Gasteiger partial charge in [0.1, 0.15) is 0 Å². The molecule has 2 nitrogen and oxygen atoms in total. The van der Waals surface area contributed by atoms with E-state index in [4.69, 9.17) is 0 Å². The van der Waals surface area contributed by atoms with Gasteiger partial charge in [-0.25, -0.2) is 4.79 Å². The van der Waals surface area contributed by atoms with Gasteiger partial charge in [0.25, 0.3) is 0 Å². The second-order valence-corrected chi connectivity index (χ2v) is 3.07. The maximum absolute atomic E-state index is 12.3. The summed E-state index contributed by atoms with van der Waals surface area (Å²) in [5, 5.41) is 0. The molecular formula is C8H4F3NOS. The molecule has 1 rings (SSSR count). The van der Waals surface area contributed by atoms with Crippen LogP contribution in [-0.4, -0.2) is 6.08 Å². The number of hydrogen-bond donors (Lipinski definition) is 0. The number of halogens is 3. The van der Waals surface area contributed by atoms with Gasteiger partial charge >= 0.3 is 6.18 Å². The van der Waals surface area contributed by atoms with Gasteiger partial charge in [-0.3, -0.25) is 0 Å². The first-order valence-electron chi connectivity index (χ1n) is 3.46. The van der Waals surface area contributed by atoms with Crippen LogP contribution in [0, 0.1) is 0 Å². The number of nitrogens with zero attached hydrogens (tertiary/aromatic N) is 1. The summed E-state index contributed by atoms with van der Waals surface area (Å²) in [6, 6.07) is 4.90. The summed E-state index contributed by atoms with van der Waals surface area (Å²) in [5.74, 6) is 0. The van der Waals surface area contributed by atoms with E-state index in [9.17, 15) is 18.0 Å². The van der Waals surface area contributed by atoms with Gasteiger partial charge in [-0.15, -0.1) is 4.40 Å². The van der Waals surface area contributed by atoms with E-state index in [1.807, 2.05) is 0 Å². The molecular weight excluding hydrogens is 215 g/mol. The number of benzene rings is 1. The Kier molecular flexibility index (Phi) is 3.33. The van der Waals surface area contributed by atoms with Crippen molar-refractivity contribution in [1.82, 2.24) is 0 Å². The smallest absolute Gasteiger partial charge is 0.210 e. The van der Waals surface area contributed by atoms with E-state index in [1.165, 1.54) is 24.3 Å². The summed E-state index contributed by atoms with van der Waals surface area (Å²) < 4.78 is 40.0. The molecule has 0 N–H and O–H groups in total. The second kappa shape index (κ2) is 4.30. The molecule has 0 saturated carbocycles. The van der Waals surface area contributed by atoms with E-state index in [1.54, 1.807) is 0 Å². The SMILES string of the molecule is O=C=NSc1ccccc1C(F)(F)F. The molecule has 0 aliphatic heterocycles. The fourth-order valence-electron chi connectivity index (χ4n) is 0.848. The largest absolute Gasteiger partial charge is 0.417 e. The second-order valence-electron chi connectivity index (χ2n) is 2.27. The van der Waals surface area contributed by atoms with Crippen LogP contribution in [0.3, 0.4) is 0 Å². The monoisotopic (exact) mass is 219 g/mol. The molecule has 0 unspecified atom stereocenters. The molecule has 1 aromatic rings. The van der Waals surface area contributed by atoms with Crippen LogP contribution in [0.4, 0.5) is 13.2 Å². The third kappa shape index (κ3) is 2.61. The maximum Gasteiger partial charge on any atom is 0.417 e. The summed E-state index contributed by atoms with van der Waals surface area (Å²) >= 11 is 0.455. The Morgan fingerprint density at radius 1 is 1.29 bits per heavy atom. The minimum Gasteiger partial charge on any atom is -0.210 e. The van der Waals surface area contributed by atoms with Gasteiger partial charge in [0.05, 0.1) is 5.56 Å². The lowest BCUT2D eigenvalue weighted by Crippen LogP contribution is -2.05. The number of isocyanates is 1. The van der Waals surface area contributed by atoms with E-state index in [-0.39, 0.29) is 4.90 Å². The predicted octanol–water partition coefficient (Wildman–Crippen LogP) is 3.05. The van der Waals surface area contributed by atoms with Gasteiger partial charge in [0.15, 0.2) is 0 Å². The van der Waals surface area contributed by atoms with Crippen molar-refractivity contribution in [2.24, 2.45) is 4.40 Å². The van der Waals surface area contributed by atoms with Crippen LogP contribution >= 0.6 is 11.9 Å². The number of hydrogen-bond acceptors (Lipinski definition) is 3. The highest BCUT2D eigenvalue weighted by molar-refractivity contribution is 7.98. The van der Waals surface area contributed by atoms with Crippen molar-refractivity contribution in [3.05, 3.63) is 29.8 Å².